The van der Waals surface area contributed by atoms with Crippen molar-refractivity contribution >= 4 is 0 Å². The molecule has 42 valence electrons. The van der Waals surface area contributed by atoms with Crippen molar-refractivity contribution in [2.75, 3.05) is 13.2 Å². The summed E-state index contributed by atoms with van der Waals surface area (Å²) in [4.78, 5) is 0. The van der Waals surface area contributed by atoms with Crippen LogP contribution in [-0.4, -0.2) is 23.4 Å². The van der Waals surface area contributed by atoms with Gasteiger partial charge in [-0.2, -0.15) is 0 Å². The van der Waals surface area contributed by atoms with E-state index in [-0.39, 0.29) is 31.8 Å². The summed E-state index contributed by atoms with van der Waals surface area (Å²) in [6.07, 6.45) is 0. The SMILES string of the molecule is OCCO.[Cl-].[NH4+]. The standard InChI is InChI=1S/C2H6O2.ClH.H3N/c3-1-2-4;;/h3-4H,1-2H2;1H;1H3. The number of hydrogen-bond donors (Lipinski definition) is 3. The summed E-state index contributed by atoms with van der Waals surface area (Å²) in [7, 11) is 0. The van der Waals surface area contributed by atoms with E-state index < -0.39 is 0 Å². The topological polar surface area (TPSA) is 77.0 Å². The van der Waals surface area contributed by atoms with E-state index in [1.54, 1.807) is 0 Å². The van der Waals surface area contributed by atoms with Crippen LogP contribution in [0.25, 0.3) is 0 Å². The molecule has 4 heteroatoms. The minimum absolute atomic E-state index is 0. The van der Waals surface area contributed by atoms with Gasteiger partial charge in [-0.1, -0.05) is 0 Å². The zero-order valence-electron chi connectivity index (χ0n) is 3.69. The van der Waals surface area contributed by atoms with Gasteiger partial charge in [-0.05, 0) is 0 Å². The van der Waals surface area contributed by atoms with Gasteiger partial charge in [0.1, 0.15) is 0 Å². The van der Waals surface area contributed by atoms with Crippen molar-refractivity contribution in [2.45, 2.75) is 0 Å². The van der Waals surface area contributed by atoms with E-state index in [9.17, 15) is 0 Å². The summed E-state index contributed by atoms with van der Waals surface area (Å²) in [5.41, 5.74) is 0. The van der Waals surface area contributed by atoms with Gasteiger partial charge in [-0.15, -0.1) is 0 Å². The lowest BCUT2D eigenvalue weighted by molar-refractivity contribution is -0.00000293. The number of quaternary nitrogens is 1. The normalized spacial score (nSPS) is 5.00. The number of rotatable bonds is 1. The van der Waals surface area contributed by atoms with Crippen LogP contribution in [0.5, 0.6) is 0 Å². The van der Waals surface area contributed by atoms with Gasteiger partial charge in [0, 0.05) is 0 Å². The lowest BCUT2D eigenvalue weighted by Gasteiger charge is -1.70. The second-order valence-electron chi connectivity index (χ2n) is 0.447. The van der Waals surface area contributed by atoms with Crippen LogP contribution < -0.4 is 18.6 Å². The van der Waals surface area contributed by atoms with E-state index in [1.807, 2.05) is 0 Å². The van der Waals surface area contributed by atoms with Crippen LogP contribution in [-0.2, 0) is 0 Å². The molecule has 0 aliphatic carbocycles. The molecule has 0 spiro atoms. The molecular formula is C2H10ClNO2. The van der Waals surface area contributed by atoms with Gasteiger partial charge in [-0.3, -0.25) is 0 Å². The minimum atomic E-state index is -0.125. The van der Waals surface area contributed by atoms with E-state index >= 15 is 0 Å². The van der Waals surface area contributed by atoms with Gasteiger partial charge in [0.15, 0.2) is 0 Å². The van der Waals surface area contributed by atoms with Crippen LogP contribution in [0.4, 0.5) is 0 Å². The van der Waals surface area contributed by atoms with Crippen LogP contribution in [0.1, 0.15) is 0 Å². The largest absolute Gasteiger partial charge is 1.00 e. The highest BCUT2D eigenvalue weighted by Crippen LogP contribution is 1.39. The maximum atomic E-state index is 7.62. The molecule has 0 fully saturated rings. The maximum absolute atomic E-state index is 7.62. The average molecular weight is 116 g/mol. The molecular weight excluding hydrogens is 105 g/mol. The summed E-state index contributed by atoms with van der Waals surface area (Å²) in [5, 5.41) is 15.2. The molecule has 0 amide bonds. The number of hydrogen-bond acceptors (Lipinski definition) is 2. The van der Waals surface area contributed by atoms with Gasteiger partial charge in [0.05, 0.1) is 13.2 Å². The lowest BCUT2D eigenvalue weighted by atomic mass is 10.8. The third-order valence-corrected chi connectivity index (χ3v) is 0.1000. The Morgan fingerprint density at radius 2 is 1.17 bits per heavy atom. The average Bonchev–Trinajstić information content (AvgIpc) is 1.37. The zero-order valence-corrected chi connectivity index (χ0v) is 4.44. The zero-order chi connectivity index (χ0) is 3.41. The Balaban J connectivity index is -0.0000000450. The van der Waals surface area contributed by atoms with Crippen molar-refractivity contribution < 1.29 is 22.6 Å². The summed E-state index contributed by atoms with van der Waals surface area (Å²) in [6, 6.07) is 0. The first-order chi connectivity index (χ1) is 1.91. The molecule has 0 rings (SSSR count). The Morgan fingerprint density at radius 1 is 1.00 bits per heavy atom. The molecule has 0 unspecified atom stereocenters. The van der Waals surface area contributed by atoms with Crippen molar-refractivity contribution in [1.29, 1.82) is 0 Å². The fraction of sp³-hybridized carbons (Fsp3) is 1.00. The molecule has 0 saturated carbocycles. The first-order valence-electron chi connectivity index (χ1n) is 1.13. The second-order valence-corrected chi connectivity index (χ2v) is 0.447. The predicted octanol–water partition coefficient (Wildman–Crippen LogP) is -3.65. The quantitative estimate of drug-likeness (QED) is 0.330. The van der Waals surface area contributed by atoms with Crippen LogP contribution in [0.15, 0.2) is 0 Å². The number of halogens is 1. The molecule has 0 saturated heterocycles. The molecule has 0 radical (unpaired) electrons. The summed E-state index contributed by atoms with van der Waals surface area (Å²) >= 11 is 0. The van der Waals surface area contributed by atoms with Crippen molar-refractivity contribution in [3.63, 3.8) is 0 Å². The predicted molar refractivity (Wildman–Crippen MR) is 20.2 cm³/mol. The fourth-order valence-electron chi connectivity index (χ4n) is 0. The molecule has 0 heterocycles. The van der Waals surface area contributed by atoms with Gasteiger partial charge < -0.3 is 28.8 Å². The second kappa shape index (κ2) is 19.1. The van der Waals surface area contributed by atoms with Crippen molar-refractivity contribution in [3.05, 3.63) is 0 Å². The van der Waals surface area contributed by atoms with Crippen molar-refractivity contribution in [2.24, 2.45) is 0 Å². The Morgan fingerprint density at radius 3 is 1.17 bits per heavy atom. The highest BCUT2D eigenvalue weighted by atomic mass is 35.5. The molecule has 0 aliphatic heterocycles. The summed E-state index contributed by atoms with van der Waals surface area (Å²) in [6.45, 7) is -0.250. The Bertz CT molecular complexity index is 13.5. The summed E-state index contributed by atoms with van der Waals surface area (Å²) in [5.74, 6) is 0. The Kier molecular flexibility index (Phi) is 52.2. The monoisotopic (exact) mass is 115 g/mol. The molecule has 0 aliphatic rings. The lowest BCUT2D eigenvalue weighted by Crippen LogP contribution is -3.00. The minimum Gasteiger partial charge on any atom is -1.00 e. The van der Waals surface area contributed by atoms with Gasteiger partial charge >= 0.3 is 0 Å². The van der Waals surface area contributed by atoms with Crippen molar-refractivity contribution in [3.8, 4) is 0 Å². The van der Waals surface area contributed by atoms with Crippen LogP contribution in [0, 0.1) is 0 Å². The van der Waals surface area contributed by atoms with E-state index in [2.05, 4.69) is 0 Å². The Hall–Kier alpha value is 0.170. The highest BCUT2D eigenvalue weighted by molar-refractivity contribution is 4.06. The van der Waals surface area contributed by atoms with E-state index in [4.69, 9.17) is 10.2 Å². The first-order valence-corrected chi connectivity index (χ1v) is 1.13. The van der Waals surface area contributed by atoms with E-state index in [0.29, 0.717) is 0 Å². The number of aliphatic hydroxyl groups is 2. The fourth-order valence-corrected chi connectivity index (χ4v) is 0. The smallest absolute Gasteiger partial charge is 0.0662 e. The Labute approximate surface area is 43.0 Å². The van der Waals surface area contributed by atoms with E-state index in [1.165, 1.54) is 0 Å². The molecule has 0 atom stereocenters. The highest BCUT2D eigenvalue weighted by Gasteiger charge is 1.58. The van der Waals surface area contributed by atoms with Gasteiger partial charge in [0.25, 0.3) is 0 Å². The third kappa shape index (κ3) is 30.6. The van der Waals surface area contributed by atoms with Crippen LogP contribution >= 0.6 is 0 Å². The molecule has 0 bridgehead atoms. The van der Waals surface area contributed by atoms with Crippen LogP contribution in [0.2, 0.25) is 0 Å². The summed E-state index contributed by atoms with van der Waals surface area (Å²) < 4.78 is 0. The molecule has 3 nitrogen and oxygen atoms in total. The van der Waals surface area contributed by atoms with Crippen LogP contribution in [0.3, 0.4) is 0 Å². The van der Waals surface area contributed by atoms with E-state index in [0.717, 1.165) is 0 Å². The van der Waals surface area contributed by atoms with Gasteiger partial charge in [0.2, 0.25) is 0 Å². The molecule has 0 aromatic rings. The number of aliphatic hydroxyl groups excluding tert-OH is 2. The molecule has 6 N–H and O–H groups in total. The molecule has 6 heavy (non-hydrogen) atoms. The molecule has 0 aromatic carbocycles. The first kappa shape index (κ1) is 16.4. The maximum Gasteiger partial charge on any atom is 0.0662 e. The third-order valence-electron chi connectivity index (χ3n) is 0.1000. The van der Waals surface area contributed by atoms with Gasteiger partial charge in [-0.25, -0.2) is 0 Å². The molecule has 0 aromatic heterocycles. The van der Waals surface area contributed by atoms with Crippen molar-refractivity contribution in [1.82, 2.24) is 6.15 Å².